The van der Waals surface area contributed by atoms with Crippen LogP contribution >= 0.6 is 0 Å². The number of hydrogen-bond acceptors (Lipinski definition) is 3. The number of carbonyl (C=O) groups excluding carboxylic acids is 1. The van der Waals surface area contributed by atoms with Gasteiger partial charge in [0.25, 0.3) is 0 Å². The average molecular weight is 459 g/mol. The van der Waals surface area contributed by atoms with Crippen molar-refractivity contribution >= 4 is 5.97 Å². The van der Waals surface area contributed by atoms with E-state index in [1.54, 1.807) is 0 Å². The van der Waals surface area contributed by atoms with Gasteiger partial charge in [-0.1, -0.05) is 58.6 Å². The zero-order valence-electron chi connectivity index (χ0n) is 22.1. The maximum Gasteiger partial charge on any atom is 0.302 e. The van der Waals surface area contributed by atoms with Crippen LogP contribution in [0.3, 0.4) is 0 Å². The summed E-state index contributed by atoms with van der Waals surface area (Å²) in [6.07, 6.45) is 17.3. The molecule has 8 atom stereocenters. The Morgan fingerprint density at radius 2 is 1.91 bits per heavy atom. The molecule has 1 unspecified atom stereocenters. The van der Waals surface area contributed by atoms with Crippen molar-refractivity contribution in [2.24, 2.45) is 46.3 Å². The monoisotopic (exact) mass is 458 g/mol. The summed E-state index contributed by atoms with van der Waals surface area (Å²) in [6, 6.07) is 0. The summed E-state index contributed by atoms with van der Waals surface area (Å²) in [5.41, 5.74) is 2.16. The van der Waals surface area contributed by atoms with E-state index in [0.717, 1.165) is 55.3 Å². The molecule has 3 nitrogen and oxygen atoms in total. The summed E-state index contributed by atoms with van der Waals surface area (Å²) in [4.78, 5) is 11.6. The number of allylic oxidation sites excluding steroid dienone is 1. The third-order valence-electron chi connectivity index (χ3n) is 10.9. The molecule has 3 fully saturated rings. The second-order valence-electron chi connectivity index (χ2n) is 13.0. The highest BCUT2D eigenvalue weighted by molar-refractivity contribution is 5.66. The Balaban J connectivity index is 1.52. The molecule has 0 aromatic carbocycles. The van der Waals surface area contributed by atoms with E-state index in [0.29, 0.717) is 11.3 Å². The van der Waals surface area contributed by atoms with Gasteiger partial charge in [-0.3, -0.25) is 4.79 Å². The first-order valence-corrected chi connectivity index (χ1v) is 14.2. The van der Waals surface area contributed by atoms with Gasteiger partial charge in [0, 0.05) is 20.0 Å². The van der Waals surface area contributed by atoms with Crippen LogP contribution in [0.1, 0.15) is 112 Å². The molecule has 4 aliphatic carbocycles. The molecule has 33 heavy (non-hydrogen) atoms. The number of aliphatic hydroxyl groups excluding tert-OH is 1. The Morgan fingerprint density at radius 3 is 2.61 bits per heavy atom. The molecule has 0 aromatic heterocycles. The van der Waals surface area contributed by atoms with E-state index >= 15 is 0 Å². The van der Waals surface area contributed by atoms with E-state index in [1.807, 2.05) is 0 Å². The fourth-order valence-electron chi connectivity index (χ4n) is 9.45. The molecule has 4 aliphatic rings. The summed E-state index contributed by atoms with van der Waals surface area (Å²) >= 11 is 0. The first-order valence-electron chi connectivity index (χ1n) is 14.2. The van der Waals surface area contributed by atoms with Crippen LogP contribution in [0.25, 0.3) is 0 Å². The maximum absolute atomic E-state index is 11.6. The van der Waals surface area contributed by atoms with Crippen LogP contribution in [0, 0.1) is 46.3 Å². The molecule has 0 radical (unpaired) electrons. The minimum atomic E-state index is -0.156. The highest BCUT2D eigenvalue weighted by Crippen LogP contribution is 2.68. The molecule has 0 saturated heterocycles. The van der Waals surface area contributed by atoms with Crippen molar-refractivity contribution in [3.63, 3.8) is 0 Å². The lowest BCUT2D eigenvalue weighted by molar-refractivity contribution is -0.149. The summed E-state index contributed by atoms with van der Waals surface area (Å²) in [6.45, 7) is 11.7. The van der Waals surface area contributed by atoms with Gasteiger partial charge < -0.3 is 9.84 Å². The zero-order chi connectivity index (χ0) is 23.8. The number of carbonyl (C=O) groups is 1. The molecule has 0 aromatic rings. The van der Waals surface area contributed by atoms with Gasteiger partial charge in [0.1, 0.15) is 6.10 Å². The lowest BCUT2D eigenvalue weighted by atomic mass is 9.46. The van der Waals surface area contributed by atoms with Crippen LogP contribution in [0.5, 0.6) is 0 Å². The van der Waals surface area contributed by atoms with Crippen molar-refractivity contribution in [1.29, 1.82) is 0 Å². The van der Waals surface area contributed by atoms with Crippen molar-refractivity contribution in [3.8, 4) is 0 Å². The average Bonchev–Trinajstić information content (AvgIpc) is 3.10. The third kappa shape index (κ3) is 4.69. The van der Waals surface area contributed by atoms with Gasteiger partial charge in [0.2, 0.25) is 0 Å². The predicted molar refractivity (Wildman–Crippen MR) is 135 cm³/mol. The van der Waals surface area contributed by atoms with Gasteiger partial charge in [-0.05, 0) is 97.7 Å². The summed E-state index contributed by atoms with van der Waals surface area (Å²) in [5.74, 6) is 4.71. The van der Waals surface area contributed by atoms with E-state index in [1.165, 1.54) is 63.9 Å². The minimum absolute atomic E-state index is 0.0357. The summed E-state index contributed by atoms with van der Waals surface area (Å²) < 4.78 is 5.63. The molecular formula is C30H50O3. The van der Waals surface area contributed by atoms with Crippen molar-refractivity contribution in [2.75, 3.05) is 6.61 Å². The molecular weight excluding hydrogens is 408 g/mol. The fraction of sp³-hybridized carbons (Fsp3) is 0.900. The molecule has 0 heterocycles. The van der Waals surface area contributed by atoms with Crippen molar-refractivity contribution in [1.82, 2.24) is 0 Å². The minimum Gasteiger partial charge on any atom is -0.462 e. The SMILES string of the molecule is CC(=O)OC1CC[C@@]2(CCO)C(=CC[C@@H]3[C@@H]2CC[C@]2(C)[C@@H]([C@H](C)CCCC(C)C)CC[C@@H]32)C1. The first-order chi connectivity index (χ1) is 15.7. The quantitative estimate of drug-likeness (QED) is 0.306. The standard InChI is InChI=1S/C30H50O3/c1-20(2)7-6-8-21(3)26-11-12-27-25-10-9-23-19-24(33-22(4)32)13-16-30(23,17-18-31)28(25)14-15-29(26,27)5/h9,20-21,24-28,31H,6-8,10-19H2,1-5H3/t21-,24?,25+,26-,27+,28+,29-,30-/m1/s1. The summed E-state index contributed by atoms with van der Waals surface area (Å²) in [5, 5.41) is 10.1. The van der Waals surface area contributed by atoms with E-state index in [4.69, 9.17) is 4.74 Å². The Bertz CT molecular complexity index is 726. The second kappa shape index (κ2) is 10.0. The molecule has 0 amide bonds. The molecule has 4 rings (SSSR count). The normalized spacial score (nSPS) is 41.1. The topological polar surface area (TPSA) is 46.5 Å². The largest absolute Gasteiger partial charge is 0.462 e. The molecule has 3 saturated carbocycles. The highest BCUT2D eigenvalue weighted by Gasteiger charge is 2.60. The molecule has 0 bridgehead atoms. The van der Waals surface area contributed by atoms with Gasteiger partial charge >= 0.3 is 5.97 Å². The van der Waals surface area contributed by atoms with E-state index < -0.39 is 0 Å². The van der Waals surface area contributed by atoms with Crippen molar-refractivity contribution < 1.29 is 14.6 Å². The van der Waals surface area contributed by atoms with Gasteiger partial charge in [0.15, 0.2) is 0 Å². The number of rotatable bonds is 8. The molecule has 0 spiro atoms. The number of esters is 1. The van der Waals surface area contributed by atoms with Gasteiger partial charge in [-0.25, -0.2) is 0 Å². The van der Waals surface area contributed by atoms with Gasteiger partial charge in [-0.2, -0.15) is 0 Å². The molecule has 188 valence electrons. The van der Waals surface area contributed by atoms with Crippen LogP contribution in [0.2, 0.25) is 0 Å². The molecule has 1 N–H and O–H groups in total. The van der Waals surface area contributed by atoms with E-state index in [2.05, 4.69) is 33.8 Å². The number of hydrogen-bond donors (Lipinski definition) is 1. The molecule has 0 aliphatic heterocycles. The predicted octanol–water partition coefficient (Wildman–Crippen LogP) is 7.32. The van der Waals surface area contributed by atoms with Crippen molar-refractivity contribution in [3.05, 3.63) is 11.6 Å². The van der Waals surface area contributed by atoms with Crippen LogP contribution < -0.4 is 0 Å². The summed E-state index contributed by atoms with van der Waals surface area (Å²) in [7, 11) is 0. The number of fused-ring (bicyclic) bond motifs is 5. The Labute approximate surface area is 203 Å². The lowest BCUT2D eigenvalue weighted by Crippen LogP contribution is -2.52. The van der Waals surface area contributed by atoms with Crippen LogP contribution in [-0.4, -0.2) is 23.8 Å². The highest BCUT2D eigenvalue weighted by atomic mass is 16.5. The first kappa shape index (κ1) is 25.3. The Hall–Kier alpha value is -0.830. The third-order valence-corrected chi connectivity index (χ3v) is 10.9. The molecule has 3 heteroatoms. The van der Waals surface area contributed by atoms with Crippen molar-refractivity contribution in [2.45, 2.75) is 118 Å². The smallest absolute Gasteiger partial charge is 0.302 e. The lowest BCUT2D eigenvalue weighted by Gasteiger charge is -2.59. The van der Waals surface area contributed by atoms with Crippen LogP contribution in [0.4, 0.5) is 0 Å². The van der Waals surface area contributed by atoms with Crippen LogP contribution in [-0.2, 0) is 9.53 Å². The zero-order valence-corrected chi connectivity index (χ0v) is 22.1. The van der Waals surface area contributed by atoms with E-state index in [-0.39, 0.29) is 24.1 Å². The number of aliphatic hydroxyl groups is 1. The maximum atomic E-state index is 11.6. The van der Waals surface area contributed by atoms with E-state index in [9.17, 15) is 9.90 Å². The van der Waals surface area contributed by atoms with Gasteiger partial charge in [0.05, 0.1) is 0 Å². The number of ether oxygens (including phenoxy) is 1. The van der Waals surface area contributed by atoms with Crippen LogP contribution in [0.15, 0.2) is 11.6 Å². The Morgan fingerprint density at radius 1 is 1.12 bits per heavy atom. The van der Waals surface area contributed by atoms with Gasteiger partial charge in [-0.15, -0.1) is 0 Å². The fourth-order valence-corrected chi connectivity index (χ4v) is 9.45. The second-order valence-corrected chi connectivity index (χ2v) is 13.0. The Kier molecular flexibility index (Phi) is 7.68.